The van der Waals surface area contributed by atoms with E-state index in [-0.39, 0.29) is 11.2 Å². The van der Waals surface area contributed by atoms with Crippen LogP contribution in [0.1, 0.15) is 61.6 Å². The Morgan fingerprint density at radius 1 is 1.09 bits per heavy atom. The van der Waals surface area contributed by atoms with Gasteiger partial charge in [0.05, 0.1) is 23.7 Å². The minimum atomic E-state index is -0.522. The average molecular weight is 446 g/mol. The van der Waals surface area contributed by atoms with Crippen LogP contribution >= 0.6 is 0 Å². The topological polar surface area (TPSA) is 41.3 Å². The lowest BCUT2D eigenvalue weighted by atomic mass is 9.69. The number of aliphatic hydroxyl groups is 1. The predicted molar refractivity (Wildman–Crippen MR) is 130 cm³/mol. The van der Waals surface area contributed by atoms with Crippen molar-refractivity contribution in [2.24, 2.45) is 5.41 Å². The Labute approximate surface area is 195 Å². The molecule has 5 heteroatoms. The average Bonchev–Trinajstić information content (AvgIpc) is 3.45. The number of halogens is 1. The lowest BCUT2D eigenvalue weighted by Gasteiger charge is -2.36. The molecule has 2 unspecified atom stereocenters. The molecule has 33 heavy (non-hydrogen) atoms. The van der Waals surface area contributed by atoms with Crippen LogP contribution in [0.25, 0.3) is 11.8 Å². The SMILES string of the molecule is CC1=Cc2c(cnn2-c2ccc(F)cc2)CC1(C)CC(O)c1ccccc1CN1CCCC1. The van der Waals surface area contributed by atoms with E-state index in [0.717, 1.165) is 48.6 Å². The first-order chi connectivity index (χ1) is 15.9. The van der Waals surface area contributed by atoms with Gasteiger partial charge >= 0.3 is 0 Å². The molecule has 1 N–H and O–H groups in total. The van der Waals surface area contributed by atoms with E-state index in [1.54, 1.807) is 12.1 Å². The van der Waals surface area contributed by atoms with Gasteiger partial charge in [-0.15, -0.1) is 0 Å². The third-order valence-electron chi connectivity index (χ3n) is 7.49. The number of likely N-dealkylation sites (tertiary alicyclic amines) is 1. The second-order valence-corrected chi connectivity index (χ2v) is 9.91. The Morgan fingerprint density at radius 2 is 1.82 bits per heavy atom. The van der Waals surface area contributed by atoms with Crippen LogP contribution in [0.3, 0.4) is 0 Å². The summed E-state index contributed by atoms with van der Waals surface area (Å²) in [5.74, 6) is -0.252. The quantitative estimate of drug-likeness (QED) is 0.529. The van der Waals surface area contributed by atoms with Crippen LogP contribution in [-0.2, 0) is 13.0 Å². The van der Waals surface area contributed by atoms with E-state index in [2.05, 4.69) is 48.1 Å². The van der Waals surface area contributed by atoms with Gasteiger partial charge < -0.3 is 5.11 Å². The fourth-order valence-corrected chi connectivity index (χ4v) is 5.36. The fraction of sp³-hybridized carbons (Fsp3) is 0.393. The molecule has 1 saturated heterocycles. The standard InChI is InChI=1S/C28H32FN3O/c1-20-15-26-22(18-30-32(26)24-11-9-23(29)10-12-24)16-28(20,2)17-27(33)25-8-4-3-7-21(25)19-31-13-5-6-14-31/h3-4,7-12,15,18,27,33H,5-6,13-14,16-17,19H2,1-2H3. The lowest BCUT2D eigenvalue weighted by molar-refractivity contribution is 0.119. The van der Waals surface area contributed by atoms with Gasteiger partial charge in [-0.1, -0.05) is 36.8 Å². The van der Waals surface area contributed by atoms with Crippen molar-refractivity contribution in [3.8, 4) is 5.69 Å². The van der Waals surface area contributed by atoms with Crippen LogP contribution in [0, 0.1) is 11.2 Å². The highest BCUT2D eigenvalue weighted by Gasteiger charge is 2.35. The number of hydrogen-bond donors (Lipinski definition) is 1. The molecule has 1 fully saturated rings. The molecular formula is C28H32FN3O. The van der Waals surface area contributed by atoms with Gasteiger partial charge in [-0.25, -0.2) is 9.07 Å². The van der Waals surface area contributed by atoms with Gasteiger partial charge in [-0.2, -0.15) is 5.10 Å². The molecule has 2 aromatic carbocycles. The summed E-state index contributed by atoms with van der Waals surface area (Å²) in [5, 5.41) is 16.0. The normalized spacial score (nSPS) is 21.6. The Morgan fingerprint density at radius 3 is 2.58 bits per heavy atom. The van der Waals surface area contributed by atoms with E-state index in [0.29, 0.717) is 6.42 Å². The maximum Gasteiger partial charge on any atom is 0.123 e. The van der Waals surface area contributed by atoms with Crippen LogP contribution in [0.2, 0.25) is 0 Å². The third-order valence-corrected chi connectivity index (χ3v) is 7.49. The zero-order valence-corrected chi connectivity index (χ0v) is 19.5. The van der Waals surface area contributed by atoms with Crippen LogP contribution < -0.4 is 0 Å². The summed E-state index contributed by atoms with van der Waals surface area (Å²) >= 11 is 0. The van der Waals surface area contributed by atoms with Gasteiger partial charge in [0.15, 0.2) is 0 Å². The molecule has 4 nitrogen and oxygen atoms in total. The van der Waals surface area contributed by atoms with Crippen molar-refractivity contribution in [2.75, 3.05) is 13.1 Å². The van der Waals surface area contributed by atoms with Crippen molar-refractivity contribution in [1.82, 2.24) is 14.7 Å². The highest BCUT2D eigenvalue weighted by molar-refractivity contribution is 5.60. The second-order valence-electron chi connectivity index (χ2n) is 9.91. The Kier molecular flexibility index (Phi) is 5.94. The van der Waals surface area contributed by atoms with Crippen molar-refractivity contribution in [1.29, 1.82) is 0 Å². The van der Waals surface area contributed by atoms with Crippen LogP contribution in [0.5, 0.6) is 0 Å². The van der Waals surface area contributed by atoms with E-state index >= 15 is 0 Å². The van der Waals surface area contributed by atoms with Gasteiger partial charge in [-0.3, -0.25) is 4.90 Å². The summed E-state index contributed by atoms with van der Waals surface area (Å²) in [6.07, 6.45) is 7.57. The van der Waals surface area contributed by atoms with Gasteiger partial charge in [0.25, 0.3) is 0 Å². The van der Waals surface area contributed by atoms with Gasteiger partial charge in [-0.05, 0) is 98.1 Å². The number of rotatable bonds is 6. The highest BCUT2D eigenvalue weighted by Crippen LogP contribution is 2.45. The van der Waals surface area contributed by atoms with Crippen molar-refractivity contribution >= 4 is 6.08 Å². The smallest absolute Gasteiger partial charge is 0.123 e. The summed E-state index contributed by atoms with van der Waals surface area (Å²) in [6, 6.07) is 14.8. The first-order valence-corrected chi connectivity index (χ1v) is 11.9. The summed E-state index contributed by atoms with van der Waals surface area (Å²) in [5.41, 5.74) is 6.40. The summed E-state index contributed by atoms with van der Waals surface area (Å²) < 4.78 is 15.2. The minimum absolute atomic E-state index is 0.163. The first-order valence-electron chi connectivity index (χ1n) is 11.9. The third kappa shape index (κ3) is 4.40. The summed E-state index contributed by atoms with van der Waals surface area (Å²) in [4.78, 5) is 2.48. The molecule has 3 aromatic rings. The monoisotopic (exact) mass is 445 g/mol. The molecule has 0 radical (unpaired) electrons. The molecule has 0 saturated carbocycles. The molecule has 5 rings (SSSR count). The molecule has 0 amide bonds. The van der Waals surface area contributed by atoms with Crippen LogP contribution in [0.15, 0.2) is 60.3 Å². The Bertz CT molecular complexity index is 1160. The zero-order valence-electron chi connectivity index (χ0n) is 19.5. The zero-order chi connectivity index (χ0) is 23.0. The maximum atomic E-state index is 13.4. The molecule has 0 bridgehead atoms. The predicted octanol–water partition coefficient (Wildman–Crippen LogP) is 5.70. The van der Waals surface area contributed by atoms with Crippen LogP contribution in [-0.4, -0.2) is 32.9 Å². The molecule has 0 spiro atoms. The summed E-state index contributed by atoms with van der Waals surface area (Å²) in [7, 11) is 0. The van der Waals surface area contributed by atoms with Crippen molar-refractivity contribution < 1.29 is 9.50 Å². The van der Waals surface area contributed by atoms with Crippen molar-refractivity contribution in [3.63, 3.8) is 0 Å². The van der Waals surface area contributed by atoms with Crippen molar-refractivity contribution in [3.05, 3.63) is 88.5 Å². The molecule has 2 heterocycles. The van der Waals surface area contributed by atoms with E-state index in [4.69, 9.17) is 0 Å². The van der Waals surface area contributed by atoms with E-state index in [1.165, 1.54) is 36.1 Å². The number of nitrogens with zero attached hydrogens (tertiary/aromatic N) is 3. The number of aliphatic hydroxyl groups excluding tert-OH is 1. The number of allylic oxidation sites excluding steroid dienone is 1. The molecule has 2 atom stereocenters. The number of hydrogen-bond acceptors (Lipinski definition) is 3. The summed E-state index contributed by atoms with van der Waals surface area (Å²) in [6.45, 7) is 7.58. The second kappa shape index (κ2) is 8.88. The van der Waals surface area contributed by atoms with Gasteiger partial charge in [0, 0.05) is 6.54 Å². The van der Waals surface area contributed by atoms with Gasteiger partial charge in [0.2, 0.25) is 0 Å². The first kappa shape index (κ1) is 22.1. The largest absolute Gasteiger partial charge is 0.388 e. The number of benzene rings is 2. The van der Waals surface area contributed by atoms with E-state index < -0.39 is 6.10 Å². The van der Waals surface area contributed by atoms with Gasteiger partial charge in [0.1, 0.15) is 5.82 Å². The molecule has 172 valence electrons. The highest BCUT2D eigenvalue weighted by atomic mass is 19.1. The van der Waals surface area contributed by atoms with E-state index in [9.17, 15) is 9.50 Å². The minimum Gasteiger partial charge on any atom is -0.388 e. The fourth-order valence-electron chi connectivity index (χ4n) is 5.36. The molecule has 2 aliphatic rings. The number of fused-ring (bicyclic) bond motifs is 1. The van der Waals surface area contributed by atoms with Crippen molar-refractivity contribution in [2.45, 2.75) is 52.2 Å². The lowest BCUT2D eigenvalue weighted by Crippen LogP contribution is -2.28. The number of aromatic nitrogens is 2. The molecule has 1 aromatic heterocycles. The Hall–Kier alpha value is -2.76. The van der Waals surface area contributed by atoms with Crippen LogP contribution in [0.4, 0.5) is 4.39 Å². The molecular weight excluding hydrogens is 413 g/mol. The maximum absolute atomic E-state index is 13.4. The molecule has 1 aliphatic carbocycles. The molecule has 1 aliphatic heterocycles. The Balaban J connectivity index is 1.38. The van der Waals surface area contributed by atoms with E-state index in [1.807, 2.05) is 16.9 Å².